The van der Waals surface area contributed by atoms with Crippen LogP contribution >= 0.6 is 0 Å². The molecule has 0 N–H and O–H groups in total. The van der Waals surface area contributed by atoms with Crippen molar-refractivity contribution in [3.8, 4) is 5.69 Å². The van der Waals surface area contributed by atoms with Gasteiger partial charge in [-0.15, -0.1) is 0 Å². The number of hydrogen-bond acceptors (Lipinski definition) is 0. The Morgan fingerprint density at radius 1 is 0.412 bits per heavy atom. The molecule has 0 atom stereocenters. The lowest BCUT2D eigenvalue weighted by molar-refractivity contribution is 1.18. The van der Waals surface area contributed by atoms with Gasteiger partial charge in [-0.05, 0) is 35.7 Å². The molecule has 0 amide bonds. The highest BCUT2D eigenvalue weighted by Crippen LogP contribution is 2.42. The first kappa shape index (κ1) is 17.9. The van der Waals surface area contributed by atoms with E-state index in [1.54, 1.807) is 0 Å². The van der Waals surface area contributed by atoms with Gasteiger partial charge in [0, 0.05) is 44.2 Å². The first-order valence-corrected chi connectivity index (χ1v) is 11.7. The predicted octanol–water partition coefficient (Wildman–Crippen LogP) is 8.50. The van der Waals surface area contributed by atoms with Crippen LogP contribution in [-0.2, 0) is 0 Å². The Morgan fingerprint density at radius 2 is 1.03 bits per heavy atom. The lowest BCUT2D eigenvalue weighted by Gasteiger charge is -2.12. The van der Waals surface area contributed by atoms with Crippen molar-refractivity contribution in [2.75, 3.05) is 0 Å². The number of para-hydroxylation sites is 2. The van der Waals surface area contributed by atoms with Crippen molar-refractivity contribution in [1.29, 1.82) is 0 Å². The molecule has 0 aliphatic rings. The van der Waals surface area contributed by atoms with Gasteiger partial charge in [0.2, 0.25) is 0 Å². The first-order valence-electron chi connectivity index (χ1n) is 11.7. The zero-order valence-corrected chi connectivity index (χ0v) is 18.4. The molecule has 0 saturated heterocycles. The first-order chi connectivity index (χ1) is 16.9. The normalized spacial score (nSPS) is 12.1. The van der Waals surface area contributed by atoms with E-state index in [9.17, 15) is 0 Å². The molecule has 158 valence electrons. The Bertz CT molecular complexity index is 2060. The third kappa shape index (κ3) is 2.20. The Balaban J connectivity index is 1.70. The SMILES string of the molecule is c1ccc(-n2c3ccccc3c3c4c5ccccc5c5c6ccccc6cn5c4ccc32)cc1. The van der Waals surface area contributed by atoms with Crippen LogP contribution in [0.2, 0.25) is 0 Å². The molecular formula is C32H20N2. The predicted molar refractivity (Wildman–Crippen MR) is 144 cm³/mol. The monoisotopic (exact) mass is 432 g/mol. The lowest BCUT2D eigenvalue weighted by atomic mass is 9.99. The van der Waals surface area contributed by atoms with Crippen LogP contribution in [0, 0.1) is 0 Å². The minimum Gasteiger partial charge on any atom is -0.315 e. The van der Waals surface area contributed by atoms with E-state index in [-0.39, 0.29) is 0 Å². The van der Waals surface area contributed by atoms with Gasteiger partial charge in [0.25, 0.3) is 0 Å². The van der Waals surface area contributed by atoms with Gasteiger partial charge in [0.05, 0.1) is 22.1 Å². The summed E-state index contributed by atoms with van der Waals surface area (Å²) < 4.78 is 4.80. The molecule has 34 heavy (non-hydrogen) atoms. The van der Waals surface area contributed by atoms with Crippen LogP contribution < -0.4 is 0 Å². The number of fused-ring (bicyclic) bond motifs is 12. The zero-order valence-electron chi connectivity index (χ0n) is 18.4. The largest absolute Gasteiger partial charge is 0.315 e. The molecule has 8 rings (SSSR count). The number of benzene rings is 5. The van der Waals surface area contributed by atoms with Crippen molar-refractivity contribution < 1.29 is 0 Å². The van der Waals surface area contributed by atoms with Crippen LogP contribution in [0.3, 0.4) is 0 Å². The number of aromatic nitrogens is 2. The molecule has 0 spiro atoms. The molecule has 0 fully saturated rings. The minimum atomic E-state index is 1.19. The summed E-state index contributed by atoms with van der Waals surface area (Å²) in [6.45, 7) is 0. The second-order valence-corrected chi connectivity index (χ2v) is 9.02. The van der Waals surface area contributed by atoms with E-state index >= 15 is 0 Å². The maximum Gasteiger partial charge on any atom is 0.0613 e. The Morgan fingerprint density at radius 3 is 1.88 bits per heavy atom. The molecule has 0 bridgehead atoms. The lowest BCUT2D eigenvalue weighted by Crippen LogP contribution is -1.94. The fourth-order valence-electron chi connectivity index (χ4n) is 5.91. The van der Waals surface area contributed by atoms with Crippen molar-refractivity contribution >= 4 is 59.8 Å². The smallest absolute Gasteiger partial charge is 0.0613 e. The van der Waals surface area contributed by atoms with Crippen molar-refractivity contribution in [3.05, 3.63) is 121 Å². The van der Waals surface area contributed by atoms with Crippen LogP contribution in [0.15, 0.2) is 121 Å². The highest BCUT2D eigenvalue weighted by Gasteiger charge is 2.19. The molecule has 0 aliphatic heterocycles. The van der Waals surface area contributed by atoms with E-state index in [0.29, 0.717) is 0 Å². The fourth-order valence-corrected chi connectivity index (χ4v) is 5.91. The summed E-state index contributed by atoms with van der Waals surface area (Å²) in [6.07, 6.45) is 2.29. The summed E-state index contributed by atoms with van der Waals surface area (Å²) >= 11 is 0. The van der Waals surface area contributed by atoms with Crippen molar-refractivity contribution in [3.63, 3.8) is 0 Å². The minimum absolute atomic E-state index is 1.19. The van der Waals surface area contributed by atoms with Crippen LogP contribution in [0.4, 0.5) is 0 Å². The summed E-state index contributed by atoms with van der Waals surface area (Å²) in [4.78, 5) is 0. The Hall–Kier alpha value is -4.56. The van der Waals surface area contributed by atoms with E-state index in [0.717, 1.165) is 0 Å². The van der Waals surface area contributed by atoms with Gasteiger partial charge in [0.15, 0.2) is 0 Å². The summed E-state index contributed by atoms with van der Waals surface area (Å²) in [5.41, 5.74) is 6.18. The highest BCUT2D eigenvalue weighted by molar-refractivity contribution is 6.30. The van der Waals surface area contributed by atoms with Crippen molar-refractivity contribution in [2.45, 2.75) is 0 Å². The molecule has 3 aromatic heterocycles. The second kappa shape index (κ2) is 6.49. The molecule has 2 heteroatoms. The van der Waals surface area contributed by atoms with Gasteiger partial charge >= 0.3 is 0 Å². The molecule has 0 saturated carbocycles. The van der Waals surface area contributed by atoms with E-state index in [1.807, 2.05) is 0 Å². The third-order valence-corrected chi connectivity index (χ3v) is 7.27. The average molecular weight is 433 g/mol. The van der Waals surface area contributed by atoms with E-state index in [4.69, 9.17) is 0 Å². The van der Waals surface area contributed by atoms with Gasteiger partial charge in [-0.25, -0.2) is 0 Å². The maximum absolute atomic E-state index is 2.40. The summed E-state index contributed by atoms with van der Waals surface area (Å²) in [5.74, 6) is 0. The summed E-state index contributed by atoms with van der Waals surface area (Å²) in [7, 11) is 0. The Kier molecular flexibility index (Phi) is 3.42. The molecule has 0 aliphatic carbocycles. The molecule has 2 nitrogen and oxygen atoms in total. The molecule has 3 heterocycles. The van der Waals surface area contributed by atoms with Gasteiger partial charge in [0.1, 0.15) is 0 Å². The molecule has 0 unspecified atom stereocenters. The average Bonchev–Trinajstić information content (AvgIpc) is 3.45. The molecule has 0 radical (unpaired) electrons. The number of hydrogen-bond donors (Lipinski definition) is 0. The van der Waals surface area contributed by atoms with Crippen LogP contribution in [0.1, 0.15) is 0 Å². The number of rotatable bonds is 1. The van der Waals surface area contributed by atoms with Gasteiger partial charge in [-0.1, -0.05) is 84.9 Å². The Labute approximate surface area is 195 Å². The topological polar surface area (TPSA) is 9.34 Å². The number of nitrogens with zero attached hydrogens (tertiary/aromatic N) is 2. The van der Waals surface area contributed by atoms with Gasteiger partial charge < -0.3 is 8.97 Å². The van der Waals surface area contributed by atoms with Crippen molar-refractivity contribution in [2.24, 2.45) is 0 Å². The molecule has 5 aromatic carbocycles. The van der Waals surface area contributed by atoms with E-state index in [1.165, 1.54) is 65.5 Å². The van der Waals surface area contributed by atoms with Crippen LogP contribution in [0.25, 0.3) is 65.5 Å². The standard InChI is InChI=1S/C32H20N2/c1-2-11-22(12-3-1)34-27-17-9-8-16-26(27)31-29(34)19-18-28-30(31)24-14-6-7-15-25(24)32-23-13-5-4-10-21(23)20-33(28)32/h1-20H. The zero-order chi connectivity index (χ0) is 22.2. The van der Waals surface area contributed by atoms with Crippen molar-refractivity contribution in [1.82, 2.24) is 8.97 Å². The van der Waals surface area contributed by atoms with E-state index < -0.39 is 0 Å². The molecular weight excluding hydrogens is 412 g/mol. The van der Waals surface area contributed by atoms with Crippen LogP contribution in [-0.4, -0.2) is 8.97 Å². The maximum atomic E-state index is 2.40. The van der Waals surface area contributed by atoms with Gasteiger partial charge in [-0.2, -0.15) is 0 Å². The van der Waals surface area contributed by atoms with E-state index in [2.05, 4.69) is 130 Å². The second-order valence-electron chi connectivity index (χ2n) is 9.02. The van der Waals surface area contributed by atoms with Crippen LogP contribution in [0.5, 0.6) is 0 Å². The molecule has 8 aromatic rings. The third-order valence-electron chi connectivity index (χ3n) is 7.27. The quantitative estimate of drug-likeness (QED) is 0.230. The number of pyridine rings is 1. The van der Waals surface area contributed by atoms with Gasteiger partial charge in [-0.3, -0.25) is 0 Å². The summed E-state index contributed by atoms with van der Waals surface area (Å²) in [6, 6.07) is 41.7. The summed E-state index contributed by atoms with van der Waals surface area (Å²) in [5, 5.41) is 9.07. The highest BCUT2D eigenvalue weighted by atomic mass is 15.0. The fraction of sp³-hybridized carbons (Fsp3) is 0.